The zero-order chi connectivity index (χ0) is 21.1. The van der Waals surface area contributed by atoms with E-state index < -0.39 is 6.10 Å². The lowest BCUT2D eigenvalue weighted by Crippen LogP contribution is -2.42. The molecule has 1 aliphatic heterocycles. The molecule has 2 aliphatic rings. The Labute approximate surface area is 181 Å². The van der Waals surface area contributed by atoms with Gasteiger partial charge >= 0.3 is 0 Å². The molecule has 30 heavy (non-hydrogen) atoms. The van der Waals surface area contributed by atoms with E-state index in [-0.39, 0.29) is 30.5 Å². The van der Waals surface area contributed by atoms with Crippen LogP contribution in [0.2, 0.25) is 5.02 Å². The minimum absolute atomic E-state index is 0.0487. The third-order valence-corrected chi connectivity index (χ3v) is 6.29. The van der Waals surface area contributed by atoms with Crippen LogP contribution >= 0.6 is 11.6 Å². The molecule has 0 spiro atoms. The van der Waals surface area contributed by atoms with Gasteiger partial charge in [0.2, 0.25) is 0 Å². The molecule has 1 amide bonds. The predicted octanol–water partition coefficient (Wildman–Crippen LogP) is 3.40. The van der Waals surface area contributed by atoms with Gasteiger partial charge in [0.25, 0.3) is 5.91 Å². The van der Waals surface area contributed by atoms with Gasteiger partial charge in [0, 0.05) is 13.1 Å². The second kappa shape index (κ2) is 9.14. The van der Waals surface area contributed by atoms with Crippen molar-refractivity contribution in [2.24, 2.45) is 11.8 Å². The van der Waals surface area contributed by atoms with Crippen LogP contribution in [0.1, 0.15) is 12.8 Å². The van der Waals surface area contributed by atoms with Gasteiger partial charge in [-0.25, -0.2) is 0 Å². The van der Waals surface area contributed by atoms with E-state index in [2.05, 4.69) is 0 Å². The molecule has 2 fully saturated rings. The molecule has 1 N–H and O–H groups in total. The highest BCUT2D eigenvalue weighted by molar-refractivity contribution is 6.32. The Morgan fingerprint density at radius 1 is 1.03 bits per heavy atom. The number of carbonyl (C=O) groups is 1. The van der Waals surface area contributed by atoms with E-state index in [1.165, 1.54) is 0 Å². The number of hydrogen-bond acceptors (Lipinski definition) is 5. The number of likely N-dealkylation sites (tertiary alicyclic amines) is 1. The number of methoxy groups -OCH3 is 1. The SMILES string of the molecule is COc1ccccc1O[C@@H]1C[C@@H]2CN(C(=O)COc3ccccc3Cl)C[C@@H]2C[C@H]1O. The molecule has 0 bridgehead atoms. The number of rotatable bonds is 6. The number of ether oxygens (including phenoxy) is 3. The van der Waals surface area contributed by atoms with Crippen LogP contribution in [0.3, 0.4) is 0 Å². The fraction of sp³-hybridized carbons (Fsp3) is 0.435. The lowest BCUT2D eigenvalue weighted by Gasteiger charge is -2.35. The largest absolute Gasteiger partial charge is 0.493 e. The lowest BCUT2D eigenvalue weighted by atomic mass is 9.78. The number of aliphatic hydroxyl groups is 1. The number of amides is 1. The molecule has 2 aromatic rings. The van der Waals surface area contributed by atoms with Crippen LogP contribution < -0.4 is 14.2 Å². The van der Waals surface area contributed by atoms with E-state index in [4.69, 9.17) is 25.8 Å². The highest BCUT2D eigenvalue weighted by Crippen LogP contribution is 2.39. The number of nitrogens with zero attached hydrogens (tertiary/aromatic N) is 1. The average Bonchev–Trinajstić information content (AvgIpc) is 3.16. The molecule has 0 aromatic heterocycles. The second-order valence-electron chi connectivity index (χ2n) is 7.88. The fourth-order valence-electron chi connectivity index (χ4n) is 4.39. The number of aliphatic hydroxyl groups excluding tert-OH is 1. The van der Waals surface area contributed by atoms with Crippen molar-refractivity contribution in [2.45, 2.75) is 25.0 Å². The Hall–Kier alpha value is -2.44. The van der Waals surface area contributed by atoms with Crippen LogP contribution in [0.5, 0.6) is 17.2 Å². The Bertz CT molecular complexity index is 891. The van der Waals surface area contributed by atoms with E-state index in [1.807, 2.05) is 41.3 Å². The van der Waals surface area contributed by atoms with Gasteiger partial charge in [-0.1, -0.05) is 35.9 Å². The summed E-state index contributed by atoms with van der Waals surface area (Å²) in [5.41, 5.74) is 0. The smallest absolute Gasteiger partial charge is 0.260 e. The summed E-state index contributed by atoms with van der Waals surface area (Å²) in [6, 6.07) is 14.5. The summed E-state index contributed by atoms with van der Waals surface area (Å²) in [7, 11) is 1.60. The van der Waals surface area contributed by atoms with Gasteiger partial charge in [0.1, 0.15) is 11.9 Å². The van der Waals surface area contributed by atoms with Crippen molar-refractivity contribution in [3.05, 3.63) is 53.6 Å². The normalized spacial score (nSPS) is 25.5. The molecule has 6 nitrogen and oxygen atoms in total. The Kier molecular flexibility index (Phi) is 6.35. The van der Waals surface area contributed by atoms with E-state index in [1.54, 1.807) is 19.2 Å². The van der Waals surface area contributed by atoms with Crippen molar-refractivity contribution in [1.82, 2.24) is 4.90 Å². The van der Waals surface area contributed by atoms with Crippen LogP contribution in [-0.2, 0) is 4.79 Å². The maximum Gasteiger partial charge on any atom is 0.260 e. The molecule has 1 saturated heterocycles. The number of halogens is 1. The Morgan fingerprint density at radius 3 is 2.37 bits per heavy atom. The Morgan fingerprint density at radius 2 is 1.67 bits per heavy atom. The summed E-state index contributed by atoms with van der Waals surface area (Å²) in [5, 5.41) is 11.1. The van der Waals surface area contributed by atoms with Gasteiger partial charge in [0.15, 0.2) is 18.1 Å². The van der Waals surface area contributed by atoms with Crippen LogP contribution in [0.15, 0.2) is 48.5 Å². The molecule has 4 atom stereocenters. The van der Waals surface area contributed by atoms with Crippen molar-refractivity contribution >= 4 is 17.5 Å². The van der Waals surface area contributed by atoms with E-state index in [9.17, 15) is 9.90 Å². The number of benzene rings is 2. The number of para-hydroxylation sites is 3. The molecule has 1 saturated carbocycles. The molecule has 1 heterocycles. The number of fused-ring (bicyclic) bond motifs is 1. The van der Waals surface area contributed by atoms with Gasteiger partial charge in [-0.05, 0) is 48.9 Å². The van der Waals surface area contributed by atoms with Gasteiger partial charge in [-0.3, -0.25) is 4.79 Å². The van der Waals surface area contributed by atoms with Crippen molar-refractivity contribution in [2.75, 3.05) is 26.8 Å². The maximum absolute atomic E-state index is 12.7. The quantitative estimate of drug-likeness (QED) is 0.759. The molecular formula is C23H26ClNO5. The van der Waals surface area contributed by atoms with E-state index in [0.717, 1.165) is 0 Å². The standard InChI is InChI=1S/C23H26ClNO5/c1-28-20-8-4-5-9-21(20)30-22-11-16-13-25(12-15(16)10-18(22)26)23(27)14-29-19-7-3-2-6-17(19)24/h2-9,15-16,18,22,26H,10-14H2,1H3/t15-,16+,18+,22+/m0/s1. The molecule has 2 aromatic carbocycles. The summed E-state index contributed by atoms with van der Waals surface area (Å²) >= 11 is 6.09. The first kappa shape index (κ1) is 20.8. The fourth-order valence-corrected chi connectivity index (χ4v) is 4.58. The van der Waals surface area contributed by atoms with Gasteiger partial charge < -0.3 is 24.2 Å². The lowest BCUT2D eigenvalue weighted by molar-refractivity contribution is -0.132. The third-order valence-electron chi connectivity index (χ3n) is 5.97. The van der Waals surface area contributed by atoms with Crippen molar-refractivity contribution in [1.29, 1.82) is 0 Å². The van der Waals surface area contributed by atoms with Crippen molar-refractivity contribution in [3.8, 4) is 17.2 Å². The third kappa shape index (κ3) is 4.50. The summed E-state index contributed by atoms with van der Waals surface area (Å²) in [5.74, 6) is 2.26. The molecule has 0 radical (unpaired) electrons. The van der Waals surface area contributed by atoms with Gasteiger partial charge in [-0.15, -0.1) is 0 Å². The number of hydrogen-bond donors (Lipinski definition) is 1. The summed E-state index contributed by atoms with van der Waals surface area (Å²) in [4.78, 5) is 14.5. The average molecular weight is 432 g/mol. The highest BCUT2D eigenvalue weighted by Gasteiger charge is 2.44. The van der Waals surface area contributed by atoms with Crippen LogP contribution in [0.4, 0.5) is 0 Å². The first-order chi connectivity index (χ1) is 14.5. The zero-order valence-corrected chi connectivity index (χ0v) is 17.6. The van der Waals surface area contributed by atoms with Gasteiger partial charge in [0.05, 0.1) is 18.2 Å². The first-order valence-corrected chi connectivity index (χ1v) is 10.6. The molecular weight excluding hydrogens is 406 g/mol. The molecule has 0 unspecified atom stereocenters. The minimum atomic E-state index is -0.578. The van der Waals surface area contributed by atoms with Crippen LogP contribution in [0.25, 0.3) is 0 Å². The minimum Gasteiger partial charge on any atom is -0.493 e. The van der Waals surface area contributed by atoms with Crippen LogP contribution in [-0.4, -0.2) is 54.9 Å². The van der Waals surface area contributed by atoms with Crippen molar-refractivity contribution < 1.29 is 24.1 Å². The topological polar surface area (TPSA) is 68.2 Å². The highest BCUT2D eigenvalue weighted by atomic mass is 35.5. The molecule has 4 rings (SSSR count). The maximum atomic E-state index is 12.7. The molecule has 7 heteroatoms. The van der Waals surface area contributed by atoms with E-state index in [0.29, 0.717) is 48.2 Å². The Balaban J connectivity index is 1.34. The molecule has 160 valence electrons. The summed E-state index contributed by atoms with van der Waals surface area (Å²) in [6.45, 7) is 1.23. The number of carbonyl (C=O) groups excluding carboxylic acids is 1. The first-order valence-electron chi connectivity index (χ1n) is 10.2. The zero-order valence-electron chi connectivity index (χ0n) is 16.9. The predicted molar refractivity (Wildman–Crippen MR) is 113 cm³/mol. The van der Waals surface area contributed by atoms with Crippen LogP contribution in [0, 0.1) is 11.8 Å². The summed E-state index contributed by atoms with van der Waals surface area (Å²) in [6.07, 6.45) is 0.404. The van der Waals surface area contributed by atoms with Crippen molar-refractivity contribution in [3.63, 3.8) is 0 Å². The molecule has 1 aliphatic carbocycles. The summed E-state index contributed by atoms with van der Waals surface area (Å²) < 4.78 is 17.0. The second-order valence-corrected chi connectivity index (χ2v) is 8.29. The monoisotopic (exact) mass is 431 g/mol. The van der Waals surface area contributed by atoms with Gasteiger partial charge in [-0.2, -0.15) is 0 Å². The van der Waals surface area contributed by atoms with E-state index >= 15 is 0 Å².